The Bertz CT molecular complexity index is 818. The minimum atomic E-state index is -0.528. The molecule has 2 aromatic carbocycles. The summed E-state index contributed by atoms with van der Waals surface area (Å²) in [7, 11) is 0. The zero-order valence-electron chi connectivity index (χ0n) is 12.3. The molecule has 0 atom stereocenters. The fourth-order valence-electron chi connectivity index (χ4n) is 1.91. The molecule has 2 rings (SSSR count). The van der Waals surface area contributed by atoms with Crippen molar-refractivity contribution in [1.29, 1.82) is 5.26 Å². The summed E-state index contributed by atoms with van der Waals surface area (Å²) >= 11 is 0. The van der Waals surface area contributed by atoms with E-state index in [1.807, 2.05) is 25.1 Å². The van der Waals surface area contributed by atoms with Crippen molar-refractivity contribution in [3.8, 4) is 6.07 Å². The molecule has 0 aliphatic rings. The summed E-state index contributed by atoms with van der Waals surface area (Å²) in [5.74, 6) is -0.528. The van der Waals surface area contributed by atoms with Crippen LogP contribution < -0.4 is 5.32 Å². The summed E-state index contributed by atoms with van der Waals surface area (Å²) in [5.41, 5.74) is 1.91. The van der Waals surface area contributed by atoms with Crippen molar-refractivity contribution in [2.24, 2.45) is 0 Å². The molecule has 0 unspecified atom stereocenters. The fourth-order valence-corrected chi connectivity index (χ4v) is 1.91. The summed E-state index contributed by atoms with van der Waals surface area (Å²) in [6.07, 6.45) is 1.39. The van der Waals surface area contributed by atoms with E-state index in [1.54, 1.807) is 12.1 Å². The van der Waals surface area contributed by atoms with Crippen molar-refractivity contribution in [3.63, 3.8) is 0 Å². The number of carbonyl (C=O) groups excluding carboxylic acids is 1. The van der Waals surface area contributed by atoms with Crippen molar-refractivity contribution < 1.29 is 9.72 Å². The van der Waals surface area contributed by atoms with Gasteiger partial charge in [0.2, 0.25) is 0 Å². The van der Waals surface area contributed by atoms with E-state index in [2.05, 4.69) is 5.32 Å². The normalized spacial score (nSPS) is 10.7. The molecule has 1 amide bonds. The van der Waals surface area contributed by atoms with Crippen LogP contribution in [-0.4, -0.2) is 10.8 Å². The molecule has 6 nitrogen and oxygen atoms in total. The maximum absolute atomic E-state index is 12.2. The third kappa shape index (κ3) is 4.02. The van der Waals surface area contributed by atoms with Crippen LogP contribution in [0.3, 0.4) is 0 Å². The van der Waals surface area contributed by atoms with E-state index < -0.39 is 10.8 Å². The Balaban J connectivity index is 2.21. The van der Waals surface area contributed by atoms with Gasteiger partial charge in [0.25, 0.3) is 11.6 Å². The van der Waals surface area contributed by atoms with Gasteiger partial charge in [0, 0.05) is 17.8 Å². The molecule has 0 aliphatic carbocycles. The summed E-state index contributed by atoms with van der Waals surface area (Å²) in [4.78, 5) is 22.3. The number of nitro benzene ring substituents is 1. The number of nitro groups is 1. The van der Waals surface area contributed by atoms with Gasteiger partial charge < -0.3 is 5.32 Å². The van der Waals surface area contributed by atoms with E-state index in [9.17, 15) is 14.9 Å². The number of para-hydroxylation sites is 1. The average molecular weight is 307 g/mol. The number of amides is 1. The molecule has 0 saturated heterocycles. The standard InChI is InChI=1S/C17H13N3O3/c1-12-4-2-3-5-16(12)19-17(21)14(11-18)10-13-6-8-15(9-7-13)20(22)23/h2-10H,1H3,(H,19,21)/b14-10+. The Morgan fingerprint density at radius 3 is 2.43 bits per heavy atom. The van der Waals surface area contributed by atoms with E-state index >= 15 is 0 Å². The molecule has 23 heavy (non-hydrogen) atoms. The Kier molecular flexibility index (Phi) is 4.85. The predicted molar refractivity (Wildman–Crippen MR) is 86.5 cm³/mol. The van der Waals surface area contributed by atoms with Gasteiger partial charge in [-0.05, 0) is 42.3 Å². The highest BCUT2D eigenvalue weighted by molar-refractivity contribution is 6.09. The number of benzene rings is 2. The topological polar surface area (TPSA) is 96.0 Å². The number of hydrogen-bond acceptors (Lipinski definition) is 4. The van der Waals surface area contributed by atoms with Crippen molar-refractivity contribution in [2.45, 2.75) is 6.92 Å². The number of nitriles is 1. The Labute approximate surface area is 132 Å². The number of nitrogens with zero attached hydrogens (tertiary/aromatic N) is 2. The van der Waals surface area contributed by atoms with Crippen molar-refractivity contribution >= 4 is 23.4 Å². The lowest BCUT2D eigenvalue weighted by Crippen LogP contribution is -2.14. The first-order chi connectivity index (χ1) is 11.0. The lowest BCUT2D eigenvalue weighted by atomic mass is 10.1. The van der Waals surface area contributed by atoms with Crippen LogP contribution in [0.4, 0.5) is 11.4 Å². The van der Waals surface area contributed by atoms with Crippen molar-refractivity contribution in [3.05, 3.63) is 75.3 Å². The number of nitrogens with one attached hydrogen (secondary N) is 1. The molecule has 0 bridgehead atoms. The van der Waals surface area contributed by atoms with Crippen molar-refractivity contribution in [2.75, 3.05) is 5.32 Å². The first kappa shape index (κ1) is 15.9. The lowest BCUT2D eigenvalue weighted by Gasteiger charge is -2.07. The smallest absolute Gasteiger partial charge is 0.269 e. The van der Waals surface area contributed by atoms with Crippen LogP contribution in [0.15, 0.2) is 54.1 Å². The van der Waals surface area contributed by atoms with Gasteiger partial charge in [-0.2, -0.15) is 5.26 Å². The molecule has 0 aromatic heterocycles. The van der Waals surface area contributed by atoms with Gasteiger partial charge in [-0.1, -0.05) is 18.2 Å². The van der Waals surface area contributed by atoms with Crippen LogP contribution in [0.1, 0.15) is 11.1 Å². The molecular weight excluding hydrogens is 294 g/mol. The number of carbonyl (C=O) groups is 1. The summed E-state index contributed by atoms with van der Waals surface area (Å²) in [6.45, 7) is 1.85. The van der Waals surface area contributed by atoms with E-state index in [1.165, 1.54) is 30.3 Å². The van der Waals surface area contributed by atoms with Crippen LogP contribution in [0.5, 0.6) is 0 Å². The van der Waals surface area contributed by atoms with Gasteiger partial charge in [0.15, 0.2) is 0 Å². The average Bonchev–Trinajstić information content (AvgIpc) is 2.55. The second-order valence-corrected chi connectivity index (χ2v) is 4.79. The van der Waals surface area contributed by atoms with E-state index in [-0.39, 0.29) is 11.3 Å². The van der Waals surface area contributed by atoms with Gasteiger partial charge in [-0.25, -0.2) is 0 Å². The predicted octanol–water partition coefficient (Wildman–Crippen LogP) is 3.45. The molecule has 0 spiro atoms. The third-order valence-corrected chi connectivity index (χ3v) is 3.17. The number of rotatable bonds is 4. The fraction of sp³-hybridized carbons (Fsp3) is 0.0588. The number of hydrogen-bond donors (Lipinski definition) is 1. The summed E-state index contributed by atoms with van der Waals surface area (Å²) in [5, 5.41) is 22.4. The van der Waals surface area contributed by atoms with Crippen LogP contribution in [0, 0.1) is 28.4 Å². The Morgan fingerprint density at radius 2 is 1.87 bits per heavy atom. The first-order valence-electron chi connectivity index (χ1n) is 6.74. The monoisotopic (exact) mass is 307 g/mol. The van der Waals surface area contributed by atoms with E-state index in [4.69, 9.17) is 5.26 Å². The minimum absolute atomic E-state index is 0.0509. The van der Waals surface area contributed by atoms with Gasteiger partial charge >= 0.3 is 0 Å². The number of anilines is 1. The molecule has 6 heteroatoms. The van der Waals surface area contributed by atoms with Crippen molar-refractivity contribution in [1.82, 2.24) is 0 Å². The van der Waals surface area contributed by atoms with Crippen LogP contribution >= 0.6 is 0 Å². The maximum atomic E-state index is 12.2. The molecule has 0 fully saturated rings. The van der Waals surface area contributed by atoms with Crippen LogP contribution in [0.25, 0.3) is 6.08 Å². The highest BCUT2D eigenvalue weighted by atomic mass is 16.6. The van der Waals surface area contributed by atoms with Gasteiger partial charge in [-0.15, -0.1) is 0 Å². The molecule has 0 radical (unpaired) electrons. The van der Waals surface area contributed by atoms with Crippen LogP contribution in [-0.2, 0) is 4.79 Å². The Morgan fingerprint density at radius 1 is 1.22 bits per heavy atom. The second kappa shape index (κ2) is 7.00. The van der Waals surface area contributed by atoms with Gasteiger partial charge in [0.05, 0.1) is 4.92 Å². The largest absolute Gasteiger partial charge is 0.321 e. The molecule has 0 heterocycles. The SMILES string of the molecule is Cc1ccccc1NC(=O)/C(C#N)=C/c1ccc([N+](=O)[O-])cc1. The van der Waals surface area contributed by atoms with Gasteiger partial charge in [-0.3, -0.25) is 14.9 Å². The molecule has 2 aromatic rings. The summed E-state index contributed by atoms with van der Waals surface area (Å²) in [6, 6.07) is 14.7. The lowest BCUT2D eigenvalue weighted by molar-refractivity contribution is -0.384. The molecular formula is C17H13N3O3. The Hall–Kier alpha value is -3.46. The number of non-ortho nitro benzene ring substituents is 1. The minimum Gasteiger partial charge on any atom is -0.321 e. The highest BCUT2D eigenvalue weighted by Crippen LogP contribution is 2.17. The van der Waals surface area contributed by atoms with E-state index in [0.29, 0.717) is 11.3 Å². The maximum Gasteiger partial charge on any atom is 0.269 e. The zero-order valence-corrected chi connectivity index (χ0v) is 12.3. The summed E-state index contributed by atoms with van der Waals surface area (Å²) < 4.78 is 0. The van der Waals surface area contributed by atoms with Gasteiger partial charge in [0.1, 0.15) is 11.6 Å². The molecule has 0 saturated carbocycles. The highest BCUT2D eigenvalue weighted by Gasteiger charge is 2.11. The van der Waals surface area contributed by atoms with Crippen LogP contribution in [0.2, 0.25) is 0 Å². The second-order valence-electron chi connectivity index (χ2n) is 4.79. The molecule has 1 N–H and O–H groups in total. The molecule has 114 valence electrons. The van der Waals surface area contributed by atoms with E-state index in [0.717, 1.165) is 5.56 Å². The third-order valence-electron chi connectivity index (χ3n) is 3.17. The first-order valence-corrected chi connectivity index (χ1v) is 6.74. The number of aryl methyl sites for hydroxylation is 1. The molecule has 0 aliphatic heterocycles. The quantitative estimate of drug-likeness (QED) is 0.405. The zero-order chi connectivity index (χ0) is 16.8.